The molecule has 4 aromatic rings. The van der Waals surface area contributed by atoms with Crippen LogP contribution in [0.2, 0.25) is 0 Å². The maximum atomic E-state index is 11.7. The molecule has 7 nitrogen and oxygen atoms in total. The SMILES string of the molecule is COc1ccc(N2C(=S)NC(c3ccccn3)C2c2ccc(-c3ccccc3C(=O)O)o2)cc1. The lowest BCUT2D eigenvalue weighted by Gasteiger charge is -2.26. The number of nitrogens with zero attached hydrogens (tertiary/aromatic N) is 2. The Morgan fingerprint density at radius 3 is 2.53 bits per heavy atom. The van der Waals surface area contributed by atoms with Gasteiger partial charge in [-0.3, -0.25) is 4.98 Å². The number of methoxy groups -OCH3 is 1. The van der Waals surface area contributed by atoms with Gasteiger partial charge in [0.15, 0.2) is 5.11 Å². The third-order valence-corrected chi connectivity index (χ3v) is 6.10. The minimum atomic E-state index is -1.01. The van der Waals surface area contributed by atoms with E-state index in [0.29, 0.717) is 22.2 Å². The van der Waals surface area contributed by atoms with Gasteiger partial charge in [-0.2, -0.15) is 0 Å². The number of nitrogens with one attached hydrogen (secondary N) is 1. The number of aromatic carboxylic acids is 1. The zero-order valence-electron chi connectivity index (χ0n) is 18.2. The van der Waals surface area contributed by atoms with Crippen molar-refractivity contribution in [2.75, 3.05) is 12.0 Å². The van der Waals surface area contributed by atoms with Gasteiger partial charge in [0.1, 0.15) is 23.3 Å². The molecular weight excluding hydrogens is 450 g/mol. The van der Waals surface area contributed by atoms with Crippen molar-refractivity contribution in [1.82, 2.24) is 10.3 Å². The van der Waals surface area contributed by atoms with Gasteiger partial charge in [-0.05, 0) is 66.8 Å². The molecule has 0 radical (unpaired) electrons. The number of carboxylic acids is 1. The fraction of sp³-hybridized carbons (Fsp3) is 0.115. The molecule has 0 saturated carbocycles. The highest BCUT2D eigenvalue weighted by atomic mass is 32.1. The molecule has 8 heteroatoms. The van der Waals surface area contributed by atoms with Gasteiger partial charge >= 0.3 is 5.97 Å². The molecule has 2 N–H and O–H groups in total. The molecule has 170 valence electrons. The Balaban J connectivity index is 1.60. The number of benzene rings is 2. The first-order chi connectivity index (χ1) is 16.6. The van der Waals surface area contributed by atoms with Crippen molar-refractivity contribution < 1.29 is 19.1 Å². The fourth-order valence-corrected chi connectivity index (χ4v) is 4.55. The Kier molecular flexibility index (Phi) is 5.73. The second-order valence-corrected chi connectivity index (χ2v) is 8.13. The number of carboxylic acid groups (broad SMARTS) is 1. The van der Waals surface area contributed by atoms with Crippen molar-refractivity contribution in [2.45, 2.75) is 12.1 Å². The van der Waals surface area contributed by atoms with Crippen LogP contribution >= 0.6 is 12.2 Å². The van der Waals surface area contributed by atoms with Crippen LogP contribution in [0.15, 0.2) is 89.5 Å². The molecule has 5 rings (SSSR count). The van der Waals surface area contributed by atoms with Crippen LogP contribution < -0.4 is 15.0 Å². The number of hydrogen-bond acceptors (Lipinski definition) is 5. The van der Waals surface area contributed by atoms with E-state index in [2.05, 4.69) is 10.3 Å². The monoisotopic (exact) mass is 471 g/mol. The van der Waals surface area contributed by atoms with Crippen molar-refractivity contribution in [2.24, 2.45) is 0 Å². The maximum Gasteiger partial charge on any atom is 0.336 e. The van der Waals surface area contributed by atoms with Crippen molar-refractivity contribution >= 4 is 29.0 Å². The van der Waals surface area contributed by atoms with E-state index in [1.54, 1.807) is 43.6 Å². The van der Waals surface area contributed by atoms with Crippen molar-refractivity contribution in [3.05, 3.63) is 102 Å². The van der Waals surface area contributed by atoms with E-state index >= 15 is 0 Å². The van der Waals surface area contributed by atoms with E-state index in [9.17, 15) is 9.90 Å². The average Bonchev–Trinajstić information content (AvgIpc) is 3.49. The molecule has 2 aromatic carbocycles. The number of ether oxygens (including phenoxy) is 1. The Hall–Kier alpha value is -4.17. The zero-order valence-corrected chi connectivity index (χ0v) is 19.0. The Bertz CT molecular complexity index is 1340. The minimum absolute atomic E-state index is 0.178. The van der Waals surface area contributed by atoms with Gasteiger partial charge in [0.25, 0.3) is 0 Å². The molecule has 1 fully saturated rings. The van der Waals surface area contributed by atoms with Crippen molar-refractivity contribution in [3.8, 4) is 17.1 Å². The predicted molar refractivity (Wildman–Crippen MR) is 132 cm³/mol. The third-order valence-electron chi connectivity index (χ3n) is 5.79. The number of rotatable bonds is 6. The number of thiocarbonyl (C=S) groups is 1. The number of anilines is 1. The van der Waals surface area contributed by atoms with Crippen LogP contribution in [0.1, 0.15) is 33.9 Å². The topological polar surface area (TPSA) is 87.8 Å². The summed E-state index contributed by atoms with van der Waals surface area (Å²) in [6.07, 6.45) is 1.74. The summed E-state index contributed by atoms with van der Waals surface area (Å²) in [5.41, 5.74) is 2.37. The quantitative estimate of drug-likeness (QED) is 0.370. The Morgan fingerprint density at radius 1 is 1.06 bits per heavy atom. The number of hydrogen-bond donors (Lipinski definition) is 2. The first-order valence-electron chi connectivity index (χ1n) is 10.6. The van der Waals surface area contributed by atoms with Crippen LogP contribution in [0.4, 0.5) is 5.69 Å². The molecule has 2 atom stereocenters. The largest absolute Gasteiger partial charge is 0.497 e. The second-order valence-electron chi connectivity index (χ2n) is 7.75. The van der Waals surface area contributed by atoms with E-state index in [4.69, 9.17) is 21.4 Å². The van der Waals surface area contributed by atoms with Crippen LogP contribution in [0.5, 0.6) is 5.75 Å². The molecule has 1 saturated heterocycles. The van der Waals surface area contributed by atoms with Crippen molar-refractivity contribution in [1.29, 1.82) is 0 Å². The van der Waals surface area contributed by atoms with Gasteiger partial charge in [-0.25, -0.2) is 4.79 Å². The van der Waals surface area contributed by atoms with Crippen LogP contribution in [0.25, 0.3) is 11.3 Å². The van der Waals surface area contributed by atoms with Gasteiger partial charge in [0.05, 0.1) is 24.4 Å². The number of pyridine rings is 1. The summed E-state index contributed by atoms with van der Waals surface area (Å²) in [5.74, 6) is 0.836. The number of furan rings is 1. The van der Waals surface area contributed by atoms with Crippen LogP contribution in [-0.2, 0) is 0 Å². The first kappa shape index (κ1) is 21.7. The molecule has 34 heavy (non-hydrogen) atoms. The minimum Gasteiger partial charge on any atom is -0.497 e. The highest BCUT2D eigenvalue weighted by molar-refractivity contribution is 7.80. The number of aromatic nitrogens is 1. The fourth-order valence-electron chi connectivity index (χ4n) is 4.21. The van der Waals surface area contributed by atoms with E-state index in [-0.39, 0.29) is 17.6 Å². The highest BCUT2D eigenvalue weighted by Crippen LogP contribution is 2.43. The summed E-state index contributed by atoms with van der Waals surface area (Å²) in [6.45, 7) is 0. The van der Waals surface area contributed by atoms with Gasteiger partial charge in [-0.1, -0.05) is 24.3 Å². The number of carbonyl (C=O) groups is 1. The molecule has 0 amide bonds. The lowest BCUT2D eigenvalue weighted by atomic mass is 10.0. The summed E-state index contributed by atoms with van der Waals surface area (Å²) in [6, 6.07) is 23.2. The smallest absolute Gasteiger partial charge is 0.336 e. The molecular formula is C26H21N3O4S. The van der Waals surface area contributed by atoms with Crippen LogP contribution in [-0.4, -0.2) is 28.3 Å². The maximum absolute atomic E-state index is 11.7. The molecule has 2 unspecified atom stereocenters. The molecule has 1 aliphatic heterocycles. The predicted octanol–water partition coefficient (Wildman–Crippen LogP) is 5.23. The second kappa shape index (κ2) is 8.99. The Labute approximate surface area is 201 Å². The third kappa shape index (κ3) is 3.88. The summed E-state index contributed by atoms with van der Waals surface area (Å²) in [7, 11) is 1.62. The van der Waals surface area contributed by atoms with Gasteiger partial charge < -0.3 is 24.5 Å². The lowest BCUT2D eigenvalue weighted by molar-refractivity contribution is 0.0697. The van der Waals surface area contributed by atoms with Gasteiger partial charge in [-0.15, -0.1) is 0 Å². The highest BCUT2D eigenvalue weighted by Gasteiger charge is 2.42. The van der Waals surface area contributed by atoms with Gasteiger partial charge in [0.2, 0.25) is 0 Å². The van der Waals surface area contributed by atoms with E-state index in [1.807, 2.05) is 53.4 Å². The molecule has 3 heterocycles. The van der Waals surface area contributed by atoms with Crippen molar-refractivity contribution in [3.63, 3.8) is 0 Å². The molecule has 0 bridgehead atoms. The van der Waals surface area contributed by atoms with E-state index < -0.39 is 5.97 Å². The van der Waals surface area contributed by atoms with Crippen LogP contribution in [0.3, 0.4) is 0 Å². The lowest BCUT2D eigenvalue weighted by Crippen LogP contribution is -2.29. The molecule has 0 aliphatic carbocycles. The summed E-state index contributed by atoms with van der Waals surface area (Å²) < 4.78 is 11.6. The zero-order chi connectivity index (χ0) is 23.7. The first-order valence-corrected chi connectivity index (χ1v) is 11.0. The van der Waals surface area contributed by atoms with E-state index in [1.165, 1.54) is 0 Å². The molecule has 0 spiro atoms. The Morgan fingerprint density at radius 2 is 1.82 bits per heavy atom. The normalized spacial score (nSPS) is 17.4. The van der Waals surface area contributed by atoms with E-state index in [0.717, 1.165) is 17.1 Å². The molecule has 1 aliphatic rings. The summed E-state index contributed by atoms with van der Waals surface area (Å²) >= 11 is 5.73. The molecule has 2 aromatic heterocycles. The summed E-state index contributed by atoms with van der Waals surface area (Å²) in [4.78, 5) is 18.3. The van der Waals surface area contributed by atoms with Gasteiger partial charge in [0, 0.05) is 17.4 Å². The standard InChI is InChI=1S/C26H21N3O4S/c1-32-17-11-9-16(10-12-17)29-24(23(28-26(29)34)20-8-4-5-15-27-20)22-14-13-21(33-22)18-6-2-3-7-19(18)25(30)31/h2-15,23-24H,1H3,(H,28,34)(H,30,31). The average molecular weight is 472 g/mol. The summed E-state index contributed by atoms with van der Waals surface area (Å²) in [5, 5.41) is 13.5. The van der Waals surface area contributed by atoms with Crippen LogP contribution in [0, 0.1) is 0 Å².